The Morgan fingerprint density at radius 2 is 1.58 bits per heavy atom. The van der Waals surface area contributed by atoms with E-state index in [2.05, 4.69) is 47.0 Å². The summed E-state index contributed by atoms with van der Waals surface area (Å²) in [5.74, 6) is 0.868. The van der Waals surface area contributed by atoms with Crippen molar-refractivity contribution >= 4 is 23.4 Å². The molecular formula is C22H17ClN2S. The number of thioether (sulfide) groups is 1. The number of hydrogen-bond donors (Lipinski definition) is 0. The van der Waals surface area contributed by atoms with E-state index in [1.807, 2.05) is 48.7 Å². The molecule has 2 nitrogen and oxygen atoms in total. The number of benzene rings is 3. The van der Waals surface area contributed by atoms with Gasteiger partial charge >= 0.3 is 0 Å². The Labute approximate surface area is 162 Å². The van der Waals surface area contributed by atoms with Gasteiger partial charge in [0, 0.05) is 22.0 Å². The predicted molar refractivity (Wildman–Crippen MR) is 110 cm³/mol. The molecule has 0 N–H and O–H groups in total. The summed E-state index contributed by atoms with van der Waals surface area (Å²) in [5.41, 5.74) is 4.48. The van der Waals surface area contributed by atoms with Gasteiger partial charge in [0.15, 0.2) is 5.16 Å². The lowest BCUT2D eigenvalue weighted by atomic mass is 10.1. The highest BCUT2D eigenvalue weighted by atomic mass is 35.5. The Balaban J connectivity index is 1.75. The van der Waals surface area contributed by atoms with Gasteiger partial charge in [0.1, 0.15) is 0 Å². The molecule has 0 radical (unpaired) electrons. The molecule has 0 fully saturated rings. The molecular weight excluding hydrogens is 360 g/mol. The Morgan fingerprint density at radius 1 is 0.846 bits per heavy atom. The van der Waals surface area contributed by atoms with Crippen LogP contribution in [0.5, 0.6) is 0 Å². The highest BCUT2D eigenvalue weighted by Gasteiger charge is 2.14. The second kappa shape index (κ2) is 7.81. The molecule has 3 aromatic carbocycles. The van der Waals surface area contributed by atoms with Crippen LogP contribution in [0.3, 0.4) is 0 Å². The summed E-state index contributed by atoms with van der Waals surface area (Å²) in [4.78, 5) is 4.70. The van der Waals surface area contributed by atoms with Crippen molar-refractivity contribution in [2.75, 3.05) is 0 Å². The summed E-state index contributed by atoms with van der Waals surface area (Å²) in [5, 5.41) is 1.67. The molecule has 0 spiro atoms. The van der Waals surface area contributed by atoms with E-state index in [0.717, 1.165) is 27.9 Å². The highest BCUT2D eigenvalue weighted by molar-refractivity contribution is 7.98. The zero-order valence-electron chi connectivity index (χ0n) is 14.0. The zero-order chi connectivity index (χ0) is 17.8. The van der Waals surface area contributed by atoms with E-state index in [0.29, 0.717) is 5.02 Å². The Bertz CT molecular complexity index is 997. The van der Waals surface area contributed by atoms with Crippen molar-refractivity contribution in [3.63, 3.8) is 0 Å². The summed E-state index contributed by atoms with van der Waals surface area (Å²) in [7, 11) is 0. The van der Waals surface area contributed by atoms with E-state index in [-0.39, 0.29) is 0 Å². The Morgan fingerprint density at radius 3 is 2.31 bits per heavy atom. The minimum absolute atomic E-state index is 0.717. The van der Waals surface area contributed by atoms with E-state index >= 15 is 0 Å². The fraction of sp³-hybridized carbons (Fsp3) is 0.0455. The van der Waals surface area contributed by atoms with Gasteiger partial charge in [-0.2, -0.15) is 0 Å². The predicted octanol–water partition coefficient (Wildman–Crippen LogP) is 6.49. The third-order valence-corrected chi connectivity index (χ3v) is 5.34. The third kappa shape index (κ3) is 3.69. The van der Waals surface area contributed by atoms with Crippen LogP contribution in [0.4, 0.5) is 0 Å². The third-order valence-electron chi connectivity index (χ3n) is 4.08. The number of aromatic nitrogens is 2. The van der Waals surface area contributed by atoms with E-state index in [1.165, 1.54) is 5.56 Å². The first-order chi connectivity index (χ1) is 12.8. The molecule has 26 heavy (non-hydrogen) atoms. The standard InChI is InChI=1S/C22H17ClN2S/c23-19-12-7-13-20(14-19)25-21(18-10-5-2-6-11-18)15-24-22(25)26-16-17-8-3-1-4-9-17/h1-15H,16H2. The molecule has 0 saturated heterocycles. The van der Waals surface area contributed by atoms with Crippen LogP contribution < -0.4 is 0 Å². The molecule has 4 aromatic rings. The number of imidazole rings is 1. The molecule has 4 rings (SSSR count). The summed E-state index contributed by atoms with van der Waals surface area (Å²) in [6.07, 6.45) is 1.93. The highest BCUT2D eigenvalue weighted by Crippen LogP contribution is 2.32. The normalized spacial score (nSPS) is 10.8. The van der Waals surface area contributed by atoms with Gasteiger partial charge in [-0.15, -0.1) is 0 Å². The number of halogens is 1. The second-order valence-corrected chi connectivity index (χ2v) is 7.26. The van der Waals surface area contributed by atoms with Crippen LogP contribution in [0.2, 0.25) is 5.02 Å². The van der Waals surface area contributed by atoms with Crippen molar-refractivity contribution in [1.82, 2.24) is 9.55 Å². The SMILES string of the molecule is Clc1cccc(-n2c(-c3ccccc3)cnc2SCc2ccccc2)c1. The molecule has 128 valence electrons. The molecule has 0 aliphatic rings. The van der Waals surface area contributed by atoms with Crippen LogP contribution in [0.1, 0.15) is 5.56 Å². The lowest BCUT2D eigenvalue weighted by Gasteiger charge is -2.12. The van der Waals surface area contributed by atoms with E-state index in [1.54, 1.807) is 11.8 Å². The molecule has 0 bridgehead atoms. The molecule has 0 unspecified atom stereocenters. The quantitative estimate of drug-likeness (QED) is 0.371. The minimum Gasteiger partial charge on any atom is -0.287 e. The van der Waals surface area contributed by atoms with E-state index < -0.39 is 0 Å². The maximum Gasteiger partial charge on any atom is 0.173 e. The molecule has 0 saturated carbocycles. The molecule has 1 heterocycles. The summed E-state index contributed by atoms with van der Waals surface area (Å²) in [6.45, 7) is 0. The van der Waals surface area contributed by atoms with Gasteiger partial charge in [-0.25, -0.2) is 4.98 Å². The van der Waals surface area contributed by atoms with Crippen molar-refractivity contribution in [3.05, 3.63) is 102 Å². The van der Waals surface area contributed by atoms with Crippen LogP contribution in [0.15, 0.2) is 96.3 Å². The first-order valence-corrected chi connectivity index (χ1v) is 9.73. The fourth-order valence-corrected chi connectivity index (χ4v) is 3.97. The zero-order valence-corrected chi connectivity index (χ0v) is 15.6. The second-order valence-electron chi connectivity index (χ2n) is 5.88. The topological polar surface area (TPSA) is 17.8 Å². The first-order valence-electron chi connectivity index (χ1n) is 8.37. The van der Waals surface area contributed by atoms with Crippen molar-refractivity contribution in [3.8, 4) is 16.9 Å². The van der Waals surface area contributed by atoms with Crippen LogP contribution in [0.25, 0.3) is 16.9 Å². The van der Waals surface area contributed by atoms with Crippen molar-refractivity contribution in [2.45, 2.75) is 10.9 Å². The molecule has 0 amide bonds. The lowest BCUT2D eigenvalue weighted by Crippen LogP contribution is -1.99. The van der Waals surface area contributed by atoms with E-state index in [4.69, 9.17) is 16.6 Å². The lowest BCUT2D eigenvalue weighted by molar-refractivity contribution is 0.900. The number of rotatable bonds is 5. The molecule has 0 aliphatic heterocycles. The maximum atomic E-state index is 6.24. The maximum absolute atomic E-state index is 6.24. The Kier molecular flexibility index (Phi) is 5.09. The van der Waals surface area contributed by atoms with Crippen LogP contribution in [-0.2, 0) is 5.75 Å². The monoisotopic (exact) mass is 376 g/mol. The van der Waals surface area contributed by atoms with Crippen molar-refractivity contribution < 1.29 is 0 Å². The van der Waals surface area contributed by atoms with Crippen LogP contribution >= 0.6 is 23.4 Å². The average molecular weight is 377 g/mol. The van der Waals surface area contributed by atoms with Crippen LogP contribution in [0, 0.1) is 0 Å². The molecule has 4 heteroatoms. The van der Waals surface area contributed by atoms with Gasteiger partial charge in [0.2, 0.25) is 0 Å². The van der Waals surface area contributed by atoms with Crippen LogP contribution in [-0.4, -0.2) is 9.55 Å². The fourth-order valence-electron chi connectivity index (χ4n) is 2.84. The summed E-state index contributed by atoms with van der Waals surface area (Å²) in [6, 6.07) is 28.6. The summed E-state index contributed by atoms with van der Waals surface area (Å²) >= 11 is 7.97. The van der Waals surface area contributed by atoms with E-state index in [9.17, 15) is 0 Å². The molecule has 1 aromatic heterocycles. The molecule has 0 atom stereocenters. The van der Waals surface area contributed by atoms with Gasteiger partial charge in [-0.05, 0) is 23.8 Å². The largest absolute Gasteiger partial charge is 0.287 e. The van der Waals surface area contributed by atoms with Gasteiger partial charge < -0.3 is 0 Å². The van der Waals surface area contributed by atoms with Crippen molar-refractivity contribution in [2.24, 2.45) is 0 Å². The average Bonchev–Trinajstić information content (AvgIpc) is 3.12. The Hall–Kier alpha value is -2.49. The number of nitrogens with zero attached hydrogens (tertiary/aromatic N) is 2. The smallest absolute Gasteiger partial charge is 0.173 e. The minimum atomic E-state index is 0.717. The molecule has 0 aliphatic carbocycles. The van der Waals surface area contributed by atoms with Gasteiger partial charge in [-0.1, -0.05) is 90.1 Å². The van der Waals surface area contributed by atoms with Gasteiger partial charge in [-0.3, -0.25) is 4.57 Å². The van der Waals surface area contributed by atoms with Gasteiger partial charge in [0.25, 0.3) is 0 Å². The first kappa shape index (κ1) is 17.0. The van der Waals surface area contributed by atoms with Crippen molar-refractivity contribution in [1.29, 1.82) is 0 Å². The summed E-state index contributed by atoms with van der Waals surface area (Å²) < 4.78 is 2.18. The van der Waals surface area contributed by atoms with Gasteiger partial charge in [0.05, 0.1) is 11.9 Å². The number of hydrogen-bond acceptors (Lipinski definition) is 2.